The highest BCUT2D eigenvalue weighted by atomic mass is 35.5. The van der Waals surface area contributed by atoms with Crippen LogP contribution in [0.5, 0.6) is 0 Å². The maximum Gasteiger partial charge on any atom is 0.253 e. The highest BCUT2D eigenvalue weighted by molar-refractivity contribution is 6.53. The summed E-state index contributed by atoms with van der Waals surface area (Å²) < 4.78 is 5.88. The van der Waals surface area contributed by atoms with Crippen molar-refractivity contribution >= 4 is 63.9 Å². The van der Waals surface area contributed by atoms with E-state index in [1.807, 2.05) is 36.4 Å². The van der Waals surface area contributed by atoms with Gasteiger partial charge in [0.05, 0.1) is 23.4 Å². The van der Waals surface area contributed by atoms with E-state index in [0.717, 1.165) is 16.3 Å². The Bertz CT molecular complexity index is 1710. The largest absolute Gasteiger partial charge is 0.463 e. The van der Waals surface area contributed by atoms with Crippen LogP contribution in [-0.2, 0) is 25.8 Å². The maximum atomic E-state index is 14.1. The zero-order valence-electron chi connectivity index (χ0n) is 23.0. The number of para-hydroxylation sites is 1. The van der Waals surface area contributed by atoms with E-state index in [1.54, 1.807) is 36.4 Å². The zero-order chi connectivity index (χ0) is 30.3. The number of carbonyl (C=O) groups excluding carboxylic acids is 4. The molecular weight excluding hydrogens is 593 g/mol. The summed E-state index contributed by atoms with van der Waals surface area (Å²) in [6.45, 7) is -0.379. The van der Waals surface area contributed by atoms with Gasteiger partial charge in [-0.2, -0.15) is 0 Å². The van der Waals surface area contributed by atoms with Crippen molar-refractivity contribution in [1.29, 1.82) is 0 Å². The predicted octanol–water partition coefficient (Wildman–Crippen LogP) is 4.71. The van der Waals surface area contributed by atoms with Gasteiger partial charge in [0.25, 0.3) is 11.8 Å². The monoisotopic (exact) mass is 619 g/mol. The third kappa shape index (κ3) is 3.81. The number of nitrogens with zero attached hydrogens (tertiary/aromatic N) is 2. The summed E-state index contributed by atoms with van der Waals surface area (Å²) in [5, 5.41) is 12.9. The van der Waals surface area contributed by atoms with Crippen LogP contribution in [0.25, 0.3) is 0 Å². The molecule has 0 spiro atoms. The maximum absolute atomic E-state index is 14.1. The Morgan fingerprint density at radius 3 is 2.28 bits per heavy atom. The molecule has 4 amide bonds. The molecule has 2 aromatic carbocycles. The molecule has 7 rings (SSSR count). The van der Waals surface area contributed by atoms with Gasteiger partial charge in [-0.25, -0.2) is 0 Å². The number of anilines is 3. The number of rotatable bonds is 5. The molecule has 0 radical (unpaired) electrons. The van der Waals surface area contributed by atoms with Gasteiger partial charge < -0.3 is 14.8 Å². The second-order valence-corrected chi connectivity index (χ2v) is 12.8. The molecule has 0 unspecified atom stereocenters. The fraction of sp³-hybridized carbons (Fsp3) is 0.312. The second kappa shape index (κ2) is 9.80. The quantitative estimate of drug-likeness (QED) is 0.241. The van der Waals surface area contributed by atoms with Gasteiger partial charge in [0.15, 0.2) is 9.75 Å². The van der Waals surface area contributed by atoms with Gasteiger partial charge in [0.1, 0.15) is 18.1 Å². The van der Waals surface area contributed by atoms with E-state index in [-0.39, 0.29) is 36.9 Å². The molecule has 3 fully saturated rings. The van der Waals surface area contributed by atoms with Crippen LogP contribution in [-0.4, -0.2) is 50.4 Å². The normalized spacial score (nSPS) is 31.6. The summed E-state index contributed by atoms with van der Waals surface area (Å²) >= 11 is 14.2. The Kier molecular flexibility index (Phi) is 6.36. The topological polar surface area (TPSA) is 120 Å². The minimum absolute atomic E-state index is 0.100. The van der Waals surface area contributed by atoms with Crippen LogP contribution in [0.2, 0.25) is 0 Å². The summed E-state index contributed by atoms with van der Waals surface area (Å²) in [5.74, 6) is -4.67. The lowest BCUT2D eigenvalue weighted by Crippen LogP contribution is -2.60. The van der Waals surface area contributed by atoms with Crippen LogP contribution in [0, 0.1) is 17.8 Å². The van der Waals surface area contributed by atoms with Gasteiger partial charge in [0, 0.05) is 18.4 Å². The van der Waals surface area contributed by atoms with Crippen LogP contribution in [0.3, 0.4) is 0 Å². The van der Waals surface area contributed by atoms with E-state index in [9.17, 15) is 24.3 Å². The number of benzene rings is 2. The Morgan fingerprint density at radius 1 is 0.907 bits per heavy atom. The molecule has 2 aliphatic heterocycles. The molecular formula is C32H27Cl2N3O6. The molecule has 2 saturated heterocycles. The lowest BCUT2D eigenvalue weighted by Gasteiger charge is -2.49. The van der Waals surface area contributed by atoms with Crippen molar-refractivity contribution in [1.82, 2.24) is 4.90 Å². The number of nitrogens with one attached hydrogen (secondary N) is 1. The lowest BCUT2D eigenvalue weighted by atomic mass is 9.57. The molecule has 2 aliphatic carbocycles. The number of likely N-dealkylation sites (tertiary alicyclic amines) is 1. The molecule has 0 bridgehead atoms. The van der Waals surface area contributed by atoms with Crippen molar-refractivity contribution in [2.24, 2.45) is 17.8 Å². The second-order valence-electron chi connectivity index (χ2n) is 11.5. The highest BCUT2D eigenvalue weighted by Gasteiger charge is 2.76. The fourth-order valence-corrected chi connectivity index (χ4v) is 8.33. The molecule has 3 heterocycles. The van der Waals surface area contributed by atoms with Gasteiger partial charge in [-0.15, -0.1) is 23.2 Å². The Labute approximate surface area is 257 Å². The number of furan rings is 1. The first kappa shape index (κ1) is 27.9. The third-order valence-electron chi connectivity index (χ3n) is 9.33. The number of hydrogen-bond acceptors (Lipinski definition) is 7. The SMILES string of the molecule is CN1C(=O)[C@]2(Cl)C[C@@H]3C(=CC[C@@H]4C(=O)N(c5ccc(Nc6ccccc6)cc5)C(=O)[C@@H]43)[C@H](c3ccc(CO)o3)[C@]2(Cl)C1=O. The molecule has 11 heteroatoms. The van der Waals surface area contributed by atoms with Crippen LogP contribution >= 0.6 is 23.2 Å². The molecule has 4 aliphatic rings. The van der Waals surface area contributed by atoms with Gasteiger partial charge in [-0.1, -0.05) is 29.8 Å². The average molecular weight is 620 g/mol. The van der Waals surface area contributed by atoms with E-state index < -0.39 is 51.1 Å². The fourth-order valence-electron chi connectivity index (χ4n) is 7.33. The van der Waals surface area contributed by atoms with Gasteiger partial charge in [0.2, 0.25) is 11.8 Å². The van der Waals surface area contributed by atoms with Crippen molar-refractivity contribution < 1.29 is 28.7 Å². The summed E-state index contributed by atoms with van der Waals surface area (Å²) in [5.41, 5.74) is 2.77. The Balaban J connectivity index is 1.26. The summed E-state index contributed by atoms with van der Waals surface area (Å²) in [6.07, 6.45) is 1.99. The number of aliphatic hydroxyl groups excluding tert-OH is 1. The van der Waals surface area contributed by atoms with Crippen molar-refractivity contribution in [3.05, 3.63) is 89.9 Å². The third-order valence-corrected chi connectivity index (χ3v) is 10.7. The summed E-state index contributed by atoms with van der Waals surface area (Å²) in [7, 11) is 1.33. The molecule has 43 heavy (non-hydrogen) atoms. The minimum atomic E-state index is -1.92. The smallest absolute Gasteiger partial charge is 0.253 e. The van der Waals surface area contributed by atoms with Crippen molar-refractivity contribution in [3.63, 3.8) is 0 Å². The number of imide groups is 2. The molecule has 3 aromatic rings. The lowest BCUT2D eigenvalue weighted by molar-refractivity contribution is -0.138. The first-order valence-corrected chi connectivity index (χ1v) is 14.8. The number of hydrogen-bond donors (Lipinski definition) is 2. The molecule has 1 aromatic heterocycles. The molecule has 6 atom stereocenters. The number of carbonyl (C=O) groups is 4. The van der Waals surface area contributed by atoms with Crippen LogP contribution in [0.15, 0.2) is 82.8 Å². The van der Waals surface area contributed by atoms with E-state index in [0.29, 0.717) is 11.3 Å². The van der Waals surface area contributed by atoms with E-state index in [1.165, 1.54) is 11.9 Å². The number of amides is 4. The van der Waals surface area contributed by atoms with Crippen LogP contribution in [0.4, 0.5) is 17.1 Å². The first-order valence-electron chi connectivity index (χ1n) is 14.0. The van der Waals surface area contributed by atoms with Crippen LogP contribution < -0.4 is 10.2 Å². The van der Waals surface area contributed by atoms with Gasteiger partial charge >= 0.3 is 0 Å². The van der Waals surface area contributed by atoms with Gasteiger partial charge in [-0.3, -0.25) is 29.0 Å². The number of allylic oxidation sites excluding steroid dienone is 2. The minimum Gasteiger partial charge on any atom is -0.463 e. The Morgan fingerprint density at radius 2 is 1.60 bits per heavy atom. The van der Waals surface area contributed by atoms with E-state index >= 15 is 0 Å². The summed E-state index contributed by atoms with van der Waals surface area (Å²) in [4.78, 5) is 53.3. The Hall–Kier alpha value is -3.92. The molecule has 2 N–H and O–H groups in total. The molecule has 1 saturated carbocycles. The van der Waals surface area contributed by atoms with E-state index in [4.69, 9.17) is 27.6 Å². The molecule has 9 nitrogen and oxygen atoms in total. The van der Waals surface area contributed by atoms with Crippen molar-refractivity contribution in [2.45, 2.75) is 35.1 Å². The van der Waals surface area contributed by atoms with Crippen molar-refractivity contribution in [3.8, 4) is 0 Å². The van der Waals surface area contributed by atoms with Crippen LogP contribution in [0.1, 0.15) is 30.3 Å². The standard InChI is InChI=1S/C32H27Cl2N3O6/c1-36-29(41)31(33)15-23-21(26(32(31,34)30(36)42)24-14-11-20(16-38)43-24)12-13-22-25(23)28(40)37(27(22)39)19-9-7-18(8-10-19)35-17-5-3-2-4-6-17/h2-12,14,22-23,25-26,35,38H,13,15-16H2,1H3/t22-,23+,25-,26+,31+,32-/m0/s1. The first-order chi connectivity index (χ1) is 20.6. The zero-order valence-corrected chi connectivity index (χ0v) is 24.5. The number of halogens is 2. The number of alkyl halides is 2. The average Bonchev–Trinajstić information content (AvgIpc) is 3.62. The van der Waals surface area contributed by atoms with Gasteiger partial charge in [-0.05, 0) is 67.3 Å². The predicted molar refractivity (Wildman–Crippen MR) is 159 cm³/mol. The highest BCUT2D eigenvalue weighted by Crippen LogP contribution is 2.65. The van der Waals surface area contributed by atoms with Crippen molar-refractivity contribution in [2.75, 3.05) is 17.3 Å². The number of aliphatic hydroxyl groups is 1. The van der Waals surface area contributed by atoms with E-state index in [2.05, 4.69) is 5.32 Å². The number of fused-ring (bicyclic) bond motifs is 4. The summed E-state index contributed by atoms with van der Waals surface area (Å²) in [6, 6.07) is 19.8. The molecule has 220 valence electrons.